The number of terminal acetylenes is 1. The van der Waals surface area contributed by atoms with Crippen LogP contribution in [0.15, 0.2) is 0 Å². The fraction of sp³-hybridized carbons (Fsp3) is 0.824. The molecule has 0 aromatic carbocycles. The number of carbonyl (C=O) groups is 1. The van der Waals surface area contributed by atoms with Crippen LogP contribution in [0.2, 0.25) is 0 Å². The lowest BCUT2D eigenvalue weighted by Crippen LogP contribution is -2.36. The molecule has 23 heavy (non-hydrogen) atoms. The zero-order chi connectivity index (χ0) is 17.2. The van der Waals surface area contributed by atoms with Gasteiger partial charge in [0.15, 0.2) is 0 Å². The molecule has 0 radical (unpaired) electrons. The molecule has 1 saturated carbocycles. The maximum Gasteiger partial charge on any atom is 0.261 e. The standard InChI is InChI=1S/C17H31N2O3P/c1-6-7-12-21-23(19(14(2)3)15(4)5)22-13-18-17(20)16-10-8-9-11-16/h1,14-16H,7-13H2,2-5H3,(H,18,20). The van der Waals surface area contributed by atoms with Crippen molar-refractivity contribution in [1.29, 1.82) is 0 Å². The molecule has 1 rings (SSSR count). The van der Waals surface area contributed by atoms with Gasteiger partial charge in [-0.1, -0.05) is 12.8 Å². The van der Waals surface area contributed by atoms with Crippen LogP contribution in [0.1, 0.15) is 59.8 Å². The summed E-state index contributed by atoms with van der Waals surface area (Å²) in [5.74, 6) is 2.82. The molecule has 0 heterocycles. The van der Waals surface area contributed by atoms with Gasteiger partial charge in [-0.3, -0.25) is 4.79 Å². The van der Waals surface area contributed by atoms with Crippen LogP contribution in [-0.2, 0) is 13.8 Å². The molecule has 1 fully saturated rings. The lowest BCUT2D eigenvalue weighted by molar-refractivity contribution is -0.125. The van der Waals surface area contributed by atoms with Crippen molar-refractivity contribution in [2.75, 3.05) is 13.3 Å². The summed E-state index contributed by atoms with van der Waals surface area (Å²) in [5, 5.41) is 2.89. The second-order valence-electron chi connectivity index (χ2n) is 6.39. The van der Waals surface area contributed by atoms with Crippen LogP contribution in [0, 0.1) is 18.3 Å². The Labute approximate surface area is 142 Å². The fourth-order valence-corrected chi connectivity index (χ4v) is 4.34. The van der Waals surface area contributed by atoms with Crippen molar-refractivity contribution in [3.05, 3.63) is 0 Å². The Balaban J connectivity index is 2.50. The summed E-state index contributed by atoms with van der Waals surface area (Å²) in [4.78, 5) is 12.1. The summed E-state index contributed by atoms with van der Waals surface area (Å²) in [6.07, 6.45) is 10.1. The number of carbonyl (C=O) groups excluding carboxylic acids is 1. The molecule has 1 aliphatic carbocycles. The predicted octanol–water partition coefficient (Wildman–Crippen LogP) is 3.65. The quantitative estimate of drug-likeness (QED) is 0.285. The molecule has 1 atom stereocenters. The van der Waals surface area contributed by atoms with Gasteiger partial charge in [-0.2, -0.15) is 0 Å². The van der Waals surface area contributed by atoms with E-state index in [-0.39, 0.29) is 30.6 Å². The first-order valence-corrected chi connectivity index (χ1v) is 9.65. The monoisotopic (exact) mass is 342 g/mol. The topological polar surface area (TPSA) is 50.8 Å². The molecule has 0 aliphatic heterocycles. The van der Waals surface area contributed by atoms with E-state index in [0.29, 0.717) is 13.0 Å². The maximum atomic E-state index is 12.1. The van der Waals surface area contributed by atoms with Crippen molar-refractivity contribution < 1.29 is 13.8 Å². The lowest BCUT2D eigenvalue weighted by atomic mass is 10.1. The van der Waals surface area contributed by atoms with Gasteiger partial charge in [0.1, 0.15) is 6.73 Å². The van der Waals surface area contributed by atoms with E-state index in [4.69, 9.17) is 15.5 Å². The average Bonchev–Trinajstić information content (AvgIpc) is 3.00. The number of hydrogen-bond acceptors (Lipinski definition) is 4. The SMILES string of the molecule is C#CCCOP(OCNC(=O)C1CCCC1)N(C(C)C)C(C)C. The minimum atomic E-state index is -1.23. The van der Waals surface area contributed by atoms with Crippen molar-refractivity contribution in [3.63, 3.8) is 0 Å². The molecule has 1 N–H and O–H groups in total. The van der Waals surface area contributed by atoms with Gasteiger partial charge in [0, 0.05) is 24.4 Å². The molecular weight excluding hydrogens is 311 g/mol. The van der Waals surface area contributed by atoms with E-state index >= 15 is 0 Å². The van der Waals surface area contributed by atoms with E-state index in [0.717, 1.165) is 25.7 Å². The Kier molecular flexibility index (Phi) is 9.74. The predicted molar refractivity (Wildman–Crippen MR) is 94.5 cm³/mol. The van der Waals surface area contributed by atoms with E-state index in [1.807, 2.05) is 0 Å². The third-order valence-corrected chi connectivity index (χ3v) is 5.90. The Morgan fingerprint density at radius 3 is 2.39 bits per heavy atom. The average molecular weight is 342 g/mol. The van der Waals surface area contributed by atoms with Crippen molar-refractivity contribution in [1.82, 2.24) is 9.99 Å². The van der Waals surface area contributed by atoms with E-state index in [2.05, 4.69) is 43.6 Å². The number of nitrogens with zero attached hydrogens (tertiary/aromatic N) is 1. The van der Waals surface area contributed by atoms with Gasteiger partial charge in [-0.05, 0) is 40.5 Å². The number of nitrogens with one attached hydrogen (secondary N) is 1. The molecule has 5 nitrogen and oxygen atoms in total. The largest absolute Gasteiger partial charge is 0.333 e. The van der Waals surface area contributed by atoms with Gasteiger partial charge in [-0.15, -0.1) is 12.3 Å². The number of amides is 1. The molecule has 1 unspecified atom stereocenters. The Morgan fingerprint density at radius 2 is 1.87 bits per heavy atom. The molecular formula is C17H31N2O3P. The summed E-state index contributed by atoms with van der Waals surface area (Å²) in [6, 6.07) is 0.579. The van der Waals surface area contributed by atoms with Crippen molar-refractivity contribution >= 4 is 14.4 Å². The number of hydrogen-bond donors (Lipinski definition) is 1. The second-order valence-corrected chi connectivity index (χ2v) is 7.84. The fourth-order valence-electron chi connectivity index (χ4n) is 2.82. The zero-order valence-corrected chi connectivity index (χ0v) is 15.8. The van der Waals surface area contributed by atoms with E-state index in [1.165, 1.54) is 0 Å². The highest BCUT2D eigenvalue weighted by molar-refractivity contribution is 7.44. The summed E-state index contributed by atoms with van der Waals surface area (Å²) in [6.45, 7) is 9.10. The summed E-state index contributed by atoms with van der Waals surface area (Å²) >= 11 is 0. The van der Waals surface area contributed by atoms with E-state index in [1.54, 1.807) is 0 Å². The Morgan fingerprint density at radius 1 is 1.26 bits per heavy atom. The first-order valence-electron chi connectivity index (χ1n) is 8.52. The number of rotatable bonds is 10. The van der Waals surface area contributed by atoms with Crippen LogP contribution in [-0.4, -0.2) is 36.0 Å². The first kappa shape index (κ1) is 20.4. The second kappa shape index (κ2) is 11.0. The van der Waals surface area contributed by atoms with E-state index < -0.39 is 8.53 Å². The molecule has 0 aromatic rings. The van der Waals surface area contributed by atoms with Crippen LogP contribution in [0.25, 0.3) is 0 Å². The van der Waals surface area contributed by atoms with Crippen molar-refractivity contribution in [2.45, 2.75) is 71.9 Å². The van der Waals surface area contributed by atoms with Gasteiger partial charge in [0.25, 0.3) is 8.53 Å². The first-order chi connectivity index (χ1) is 11.0. The minimum absolute atomic E-state index is 0.0988. The molecule has 6 heteroatoms. The third-order valence-electron chi connectivity index (χ3n) is 3.84. The van der Waals surface area contributed by atoms with E-state index in [9.17, 15) is 4.79 Å². The van der Waals surface area contributed by atoms with Crippen LogP contribution >= 0.6 is 8.53 Å². The van der Waals surface area contributed by atoms with Gasteiger partial charge in [0.2, 0.25) is 5.91 Å². The normalized spacial score (nSPS) is 17.0. The highest BCUT2D eigenvalue weighted by Crippen LogP contribution is 2.45. The summed E-state index contributed by atoms with van der Waals surface area (Å²) in [5.41, 5.74) is 0. The minimum Gasteiger partial charge on any atom is -0.333 e. The summed E-state index contributed by atoms with van der Waals surface area (Å²) in [7, 11) is -1.23. The lowest BCUT2D eigenvalue weighted by Gasteiger charge is -2.35. The summed E-state index contributed by atoms with van der Waals surface area (Å²) < 4.78 is 13.9. The van der Waals surface area contributed by atoms with Crippen LogP contribution in [0.5, 0.6) is 0 Å². The van der Waals surface area contributed by atoms with Crippen LogP contribution < -0.4 is 5.32 Å². The Bertz CT molecular complexity index is 382. The molecule has 0 spiro atoms. The molecule has 132 valence electrons. The molecule has 0 bridgehead atoms. The zero-order valence-electron chi connectivity index (χ0n) is 14.9. The van der Waals surface area contributed by atoms with Crippen LogP contribution in [0.4, 0.5) is 0 Å². The van der Waals surface area contributed by atoms with Gasteiger partial charge < -0.3 is 14.4 Å². The van der Waals surface area contributed by atoms with Gasteiger partial charge in [-0.25, -0.2) is 4.67 Å². The third kappa shape index (κ3) is 7.18. The smallest absolute Gasteiger partial charge is 0.261 e. The van der Waals surface area contributed by atoms with Crippen molar-refractivity contribution in [2.24, 2.45) is 5.92 Å². The molecule has 1 aliphatic rings. The molecule has 0 aromatic heterocycles. The maximum absolute atomic E-state index is 12.1. The highest BCUT2D eigenvalue weighted by Gasteiger charge is 2.28. The molecule has 0 saturated heterocycles. The van der Waals surface area contributed by atoms with Gasteiger partial charge >= 0.3 is 0 Å². The van der Waals surface area contributed by atoms with Crippen LogP contribution in [0.3, 0.4) is 0 Å². The van der Waals surface area contributed by atoms with Gasteiger partial charge in [0.05, 0.1) is 6.61 Å². The molecule has 1 amide bonds. The van der Waals surface area contributed by atoms with Crippen molar-refractivity contribution in [3.8, 4) is 12.3 Å². The Hall–Kier alpha value is -0.660. The highest BCUT2D eigenvalue weighted by atomic mass is 31.2.